The van der Waals surface area contributed by atoms with Crippen LogP contribution in [0.15, 0.2) is 56.2 Å². The number of hydrogen-bond donors (Lipinski definition) is 0. The summed E-state index contributed by atoms with van der Waals surface area (Å²) >= 11 is 0. The van der Waals surface area contributed by atoms with Gasteiger partial charge in [0.05, 0.1) is 0 Å². The van der Waals surface area contributed by atoms with Crippen LogP contribution in [0.5, 0.6) is 0 Å². The first kappa shape index (κ1) is 28.8. The van der Waals surface area contributed by atoms with E-state index in [1.165, 1.54) is 33.4 Å². The summed E-state index contributed by atoms with van der Waals surface area (Å²) in [5.41, 5.74) is 8.66. The molecule has 3 heterocycles. The summed E-state index contributed by atoms with van der Waals surface area (Å²) in [4.78, 5) is 0. The van der Waals surface area contributed by atoms with E-state index in [1.807, 2.05) is 0 Å². The van der Waals surface area contributed by atoms with Gasteiger partial charge in [0.2, 0.25) is 19.0 Å². The van der Waals surface area contributed by atoms with Crippen molar-refractivity contribution in [2.45, 2.75) is 119 Å². The summed E-state index contributed by atoms with van der Waals surface area (Å²) in [6.07, 6.45) is 19.9. The minimum Gasteiger partial charge on any atom is -0.233 e. The number of rotatable bonds is 6. The maximum Gasteiger partial charge on any atom is 0.244 e. The molecule has 0 aliphatic carbocycles. The van der Waals surface area contributed by atoms with Gasteiger partial charge in [-0.2, -0.15) is 0 Å². The molecule has 0 N–H and O–H groups in total. The highest BCUT2D eigenvalue weighted by Crippen LogP contribution is 2.28. The lowest BCUT2D eigenvalue weighted by atomic mass is 9.87. The summed E-state index contributed by atoms with van der Waals surface area (Å²) in [5.74, 6) is 0. The van der Waals surface area contributed by atoms with Crippen LogP contribution in [0.3, 0.4) is 0 Å². The van der Waals surface area contributed by atoms with Crippen molar-refractivity contribution in [2.24, 2.45) is 0 Å². The van der Waals surface area contributed by atoms with Crippen LogP contribution in [0.2, 0.25) is 0 Å². The van der Waals surface area contributed by atoms with Crippen LogP contribution in [-0.4, -0.2) is 13.7 Å². The largest absolute Gasteiger partial charge is 0.244 e. The van der Waals surface area contributed by atoms with Crippen LogP contribution < -0.4 is 13.7 Å². The highest BCUT2D eigenvalue weighted by molar-refractivity contribution is 5.50. The zero-order valence-corrected chi connectivity index (χ0v) is 26.5. The molecule has 0 radical (unpaired) electrons. The highest BCUT2D eigenvalue weighted by atomic mass is 15.2. The lowest BCUT2D eigenvalue weighted by molar-refractivity contribution is -0.690. The quantitative estimate of drug-likeness (QED) is 0.302. The van der Waals surface area contributed by atoms with Crippen molar-refractivity contribution in [3.05, 3.63) is 89.5 Å². The molecule has 0 amide bonds. The molecule has 4 aromatic rings. The first-order valence-electron chi connectivity index (χ1n) is 14.3. The van der Waals surface area contributed by atoms with Gasteiger partial charge >= 0.3 is 0 Å². The third kappa shape index (κ3) is 6.21. The van der Waals surface area contributed by atoms with Gasteiger partial charge < -0.3 is 0 Å². The lowest BCUT2D eigenvalue weighted by Gasteiger charge is -2.20. The van der Waals surface area contributed by atoms with E-state index in [0.717, 1.165) is 19.6 Å². The Kier molecular flexibility index (Phi) is 7.48. The number of benzene rings is 1. The monoisotopic (exact) mass is 531 g/mol. The van der Waals surface area contributed by atoms with E-state index >= 15 is 0 Å². The normalized spacial score (nSPS) is 12.9. The number of nitrogens with zero attached hydrogens (tertiary/aromatic N) is 6. The van der Waals surface area contributed by atoms with Gasteiger partial charge in [0.15, 0.2) is 0 Å². The third-order valence-corrected chi connectivity index (χ3v) is 8.14. The number of imidazole rings is 3. The summed E-state index contributed by atoms with van der Waals surface area (Å²) in [6, 6.07) is 0. The van der Waals surface area contributed by atoms with Crippen LogP contribution >= 0.6 is 0 Å². The highest BCUT2D eigenvalue weighted by Gasteiger charge is 2.26. The van der Waals surface area contributed by atoms with E-state index in [9.17, 15) is 0 Å². The third-order valence-electron chi connectivity index (χ3n) is 8.14. The van der Waals surface area contributed by atoms with Crippen molar-refractivity contribution in [3.63, 3.8) is 0 Å². The minimum atomic E-state index is 0.0621. The molecule has 0 saturated carbocycles. The number of hydrogen-bond acceptors (Lipinski definition) is 0. The smallest absolute Gasteiger partial charge is 0.233 e. The van der Waals surface area contributed by atoms with Crippen LogP contribution in [0.1, 0.15) is 95.7 Å². The average molecular weight is 532 g/mol. The first-order chi connectivity index (χ1) is 17.9. The van der Waals surface area contributed by atoms with E-state index in [-0.39, 0.29) is 16.6 Å². The lowest BCUT2D eigenvalue weighted by Crippen LogP contribution is -2.38. The Morgan fingerprint density at radius 3 is 0.872 bits per heavy atom. The Morgan fingerprint density at radius 1 is 0.462 bits per heavy atom. The Labute approximate surface area is 236 Å². The topological polar surface area (TPSA) is 26.4 Å². The molecule has 6 nitrogen and oxygen atoms in total. The first-order valence-corrected chi connectivity index (χ1v) is 14.3. The van der Waals surface area contributed by atoms with E-state index in [1.54, 1.807) is 0 Å². The van der Waals surface area contributed by atoms with E-state index in [0.29, 0.717) is 0 Å². The molecule has 0 atom stereocenters. The fourth-order valence-electron chi connectivity index (χ4n) is 5.30. The molecule has 0 bridgehead atoms. The molecule has 6 heteroatoms. The van der Waals surface area contributed by atoms with Gasteiger partial charge in [-0.25, -0.2) is 27.4 Å². The van der Waals surface area contributed by atoms with Gasteiger partial charge in [0.1, 0.15) is 73.4 Å². The molecule has 0 spiro atoms. The van der Waals surface area contributed by atoms with Crippen molar-refractivity contribution in [1.29, 1.82) is 0 Å². The van der Waals surface area contributed by atoms with Crippen LogP contribution in [0.25, 0.3) is 0 Å². The second-order valence-corrected chi connectivity index (χ2v) is 14.3. The predicted molar refractivity (Wildman–Crippen MR) is 157 cm³/mol. The fourth-order valence-corrected chi connectivity index (χ4v) is 5.30. The van der Waals surface area contributed by atoms with Gasteiger partial charge in [-0.15, -0.1) is 0 Å². The van der Waals surface area contributed by atoms with E-state index in [2.05, 4.69) is 167 Å². The molecule has 4 rings (SSSR count). The van der Waals surface area contributed by atoms with E-state index < -0.39 is 0 Å². The summed E-state index contributed by atoms with van der Waals surface area (Å²) in [5, 5.41) is 0. The molecule has 0 fully saturated rings. The fraction of sp³-hybridized carbons (Fsp3) is 0.545. The zero-order chi connectivity index (χ0) is 28.9. The van der Waals surface area contributed by atoms with E-state index in [4.69, 9.17) is 0 Å². The maximum atomic E-state index is 2.33. The van der Waals surface area contributed by atoms with Crippen LogP contribution in [0, 0.1) is 20.8 Å². The summed E-state index contributed by atoms with van der Waals surface area (Å²) in [7, 11) is 0. The van der Waals surface area contributed by atoms with Crippen molar-refractivity contribution in [1.82, 2.24) is 13.7 Å². The number of aromatic nitrogens is 6. The minimum absolute atomic E-state index is 0.0621. The van der Waals surface area contributed by atoms with Crippen molar-refractivity contribution in [2.75, 3.05) is 0 Å². The Bertz CT molecular complexity index is 1260. The van der Waals surface area contributed by atoms with Gasteiger partial charge in [0, 0.05) is 16.7 Å². The Hall–Kier alpha value is -3.15. The van der Waals surface area contributed by atoms with Gasteiger partial charge in [-0.3, -0.25) is 0 Å². The molecule has 0 aliphatic heterocycles. The van der Waals surface area contributed by atoms with Gasteiger partial charge in [-0.1, -0.05) is 0 Å². The van der Waals surface area contributed by atoms with Crippen LogP contribution in [-0.2, 0) is 36.3 Å². The molecule has 0 unspecified atom stereocenters. The molecule has 1 aromatic carbocycles. The molecule has 39 heavy (non-hydrogen) atoms. The summed E-state index contributed by atoms with van der Waals surface area (Å²) in [6.45, 7) is 29.8. The van der Waals surface area contributed by atoms with Crippen molar-refractivity contribution < 1.29 is 13.7 Å². The Morgan fingerprint density at radius 2 is 0.692 bits per heavy atom. The molecular formula is C33H51N6+3. The second kappa shape index (κ2) is 10.1. The SMILES string of the molecule is Cc1c(C[n+]2ccn(C(C)(C)C)c2)c(C)c(C[n+]2ccn(C(C)(C)C)c2)c(C)c1C[n+]1ccn(C(C)(C)C)c1. The molecule has 0 aliphatic rings. The van der Waals surface area contributed by atoms with Gasteiger partial charge in [0.25, 0.3) is 0 Å². The second-order valence-electron chi connectivity index (χ2n) is 14.3. The molecular weight excluding hydrogens is 480 g/mol. The molecule has 0 saturated heterocycles. The average Bonchev–Trinajstić information content (AvgIpc) is 3.56. The van der Waals surface area contributed by atoms with Gasteiger partial charge in [-0.05, 0) is 99.8 Å². The molecule has 210 valence electrons. The Balaban J connectivity index is 1.80. The predicted octanol–water partition coefficient (Wildman–Crippen LogP) is 5.29. The standard InChI is InChI=1S/C33H51N6/c1-25-28(19-34-13-16-37(22-34)31(4,5)6)26(2)30(21-36-15-18-39(24-36)33(10,11)12)27(3)29(25)20-35-14-17-38(23-35)32(7,8)9/h13-18,22-24H,19-21H2,1-12H3/q+3. The van der Waals surface area contributed by atoms with Crippen molar-refractivity contribution >= 4 is 0 Å². The zero-order valence-electron chi connectivity index (χ0n) is 26.5. The van der Waals surface area contributed by atoms with Crippen molar-refractivity contribution in [3.8, 4) is 0 Å². The molecule has 3 aromatic heterocycles. The summed E-state index contributed by atoms with van der Waals surface area (Å²) < 4.78 is 13.9. The van der Waals surface area contributed by atoms with Crippen LogP contribution in [0.4, 0.5) is 0 Å². The maximum absolute atomic E-state index is 2.33.